The third kappa shape index (κ3) is 3.71. The summed E-state index contributed by atoms with van der Waals surface area (Å²) in [6.45, 7) is 4.10. The molecule has 0 aromatic carbocycles. The van der Waals surface area contributed by atoms with Crippen molar-refractivity contribution in [3.8, 4) is 0 Å². The minimum atomic E-state index is -0.469. The number of hydrogen-bond acceptors (Lipinski definition) is 3. The molecular formula is C14H21NOS. The lowest BCUT2D eigenvalue weighted by Crippen LogP contribution is -2.14. The fraction of sp³-hybridized carbons (Fsp3) is 0.643. The Balaban J connectivity index is 1.94. The van der Waals surface area contributed by atoms with Gasteiger partial charge in [-0.25, -0.2) is 0 Å². The summed E-state index contributed by atoms with van der Waals surface area (Å²) in [6, 6.07) is 4.01. The topological polar surface area (TPSA) is 33.1 Å². The van der Waals surface area contributed by atoms with Gasteiger partial charge in [-0.2, -0.15) is 0 Å². The van der Waals surface area contributed by atoms with Gasteiger partial charge < -0.3 is 5.11 Å². The molecule has 17 heavy (non-hydrogen) atoms. The van der Waals surface area contributed by atoms with E-state index >= 15 is 0 Å². The highest BCUT2D eigenvalue weighted by Crippen LogP contribution is 2.35. The molecule has 1 aliphatic carbocycles. The first-order valence-corrected chi connectivity index (χ1v) is 7.34. The zero-order valence-electron chi connectivity index (χ0n) is 10.6. The molecule has 1 aromatic rings. The Morgan fingerprint density at radius 1 is 1.41 bits per heavy atom. The highest BCUT2D eigenvalue weighted by atomic mass is 32.2. The van der Waals surface area contributed by atoms with Crippen LogP contribution in [-0.2, 0) is 0 Å². The van der Waals surface area contributed by atoms with Crippen LogP contribution in [0.15, 0.2) is 23.2 Å². The molecule has 3 atom stereocenters. The third-order valence-electron chi connectivity index (χ3n) is 3.38. The van der Waals surface area contributed by atoms with Crippen LogP contribution in [-0.4, -0.2) is 15.3 Å². The summed E-state index contributed by atoms with van der Waals surface area (Å²) in [6.07, 6.45) is 6.82. The fourth-order valence-electron chi connectivity index (χ4n) is 2.39. The zero-order chi connectivity index (χ0) is 12.3. The largest absolute Gasteiger partial charge is 0.387 e. The molecule has 0 bridgehead atoms. The van der Waals surface area contributed by atoms with Crippen LogP contribution in [0.25, 0.3) is 0 Å². The number of thioether (sulfide) groups is 1. The van der Waals surface area contributed by atoms with Crippen molar-refractivity contribution in [3.05, 3.63) is 24.0 Å². The van der Waals surface area contributed by atoms with Gasteiger partial charge in [0.05, 0.1) is 11.8 Å². The van der Waals surface area contributed by atoms with E-state index in [9.17, 15) is 5.11 Å². The van der Waals surface area contributed by atoms with Crippen molar-refractivity contribution in [1.82, 2.24) is 4.98 Å². The second-order valence-electron chi connectivity index (χ2n) is 5.11. The molecule has 94 valence electrons. The SMILES string of the molecule is CC1CCCC(Sc2ccc([C@H](C)O)nc2)C1. The molecule has 1 fully saturated rings. The first-order valence-electron chi connectivity index (χ1n) is 6.46. The van der Waals surface area contributed by atoms with Crippen molar-refractivity contribution in [1.29, 1.82) is 0 Å². The smallest absolute Gasteiger partial charge is 0.0931 e. The lowest BCUT2D eigenvalue weighted by Gasteiger charge is -2.26. The van der Waals surface area contributed by atoms with E-state index in [2.05, 4.69) is 18.0 Å². The van der Waals surface area contributed by atoms with Crippen LogP contribution in [0.2, 0.25) is 0 Å². The summed E-state index contributed by atoms with van der Waals surface area (Å²) in [4.78, 5) is 5.52. The van der Waals surface area contributed by atoms with Crippen LogP contribution in [0.3, 0.4) is 0 Å². The first-order chi connectivity index (χ1) is 8.15. The van der Waals surface area contributed by atoms with Crippen LogP contribution in [0.1, 0.15) is 51.3 Å². The van der Waals surface area contributed by atoms with Gasteiger partial charge in [-0.15, -0.1) is 11.8 Å². The number of aliphatic hydroxyl groups is 1. The number of rotatable bonds is 3. The molecule has 2 rings (SSSR count). The molecule has 0 radical (unpaired) electrons. The Morgan fingerprint density at radius 3 is 2.82 bits per heavy atom. The van der Waals surface area contributed by atoms with Crippen LogP contribution >= 0.6 is 11.8 Å². The Bertz CT molecular complexity index is 350. The molecule has 1 saturated carbocycles. The van der Waals surface area contributed by atoms with Crippen molar-refractivity contribution >= 4 is 11.8 Å². The predicted octanol–water partition coefficient (Wildman–Crippen LogP) is 3.81. The van der Waals surface area contributed by atoms with E-state index in [-0.39, 0.29) is 0 Å². The van der Waals surface area contributed by atoms with Crippen molar-refractivity contribution in [2.75, 3.05) is 0 Å². The quantitative estimate of drug-likeness (QED) is 0.887. The highest BCUT2D eigenvalue weighted by molar-refractivity contribution is 8.00. The first kappa shape index (κ1) is 12.9. The predicted molar refractivity (Wildman–Crippen MR) is 72.1 cm³/mol. The van der Waals surface area contributed by atoms with E-state index in [4.69, 9.17) is 0 Å². The minimum Gasteiger partial charge on any atom is -0.387 e. The van der Waals surface area contributed by atoms with E-state index in [1.54, 1.807) is 6.92 Å². The Morgan fingerprint density at radius 2 is 2.24 bits per heavy atom. The number of pyridine rings is 1. The molecule has 0 amide bonds. The number of aliphatic hydroxyl groups excluding tert-OH is 1. The maximum Gasteiger partial charge on any atom is 0.0931 e. The Hall–Kier alpha value is -0.540. The second kappa shape index (κ2) is 5.87. The Labute approximate surface area is 108 Å². The summed E-state index contributed by atoms with van der Waals surface area (Å²) >= 11 is 1.94. The summed E-state index contributed by atoms with van der Waals surface area (Å²) in [5.74, 6) is 0.867. The van der Waals surface area contributed by atoms with Gasteiger partial charge in [-0.05, 0) is 37.8 Å². The van der Waals surface area contributed by atoms with Crippen molar-refractivity contribution in [2.45, 2.75) is 55.8 Å². The standard InChI is InChI=1S/C14H21NOS/c1-10-4-3-5-12(8-10)17-13-6-7-14(11(2)16)15-9-13/h6-7,9-12,16H,3-5,8H2,1-2H3/t10?,11-,12?/m0/s1. The van der Waals surface area contributed by atoms with Crippen molar-refractivity contribution in [2.24, 2.45) is 5.92 Å². The molecule has 1 N–H and O–H groups in total. The van der Waals surface area contributed by atoms with Gasteiger partial charge in [0, 0.05) is 16.3 Å². The third-order valence-corrected chi connectivity index (χ3v) is 4.65. The fourth-order valence-corrected chi connectivity index (χ4v) is 3.74. The number of hydrogen-bond donors (Lipinski definition) is 1. The molecule has 2 nitrogen and oxygen atoms in total. The second-order valence-corrected chi connectivity index (χ2v) is 6.48. The summed E-state index contributed by atoms with van der Waals surface area (Å²) in [5.41, 5.74) is 0.756. The summed E-state index contributed by atoms with van der Waals surface area (Å²) in [5, 5.41) is 10.1. The molecule has 1 heterocycles. The van der Waals surface area contributed by atoms with Crippen LogP contribution in [0, 0.1) is 5.92 Å². The summed E-state index contributed by atoms with van der Waals surface area (Å²) in [7, 11) is 0. The van der Waals surface area contributed by atoms with E-state index in [1.165, 1.54) is 30.6 Å². The number of aromatic nitrogens is 1. The molecule has 0 saturated heterocycles. The van der Waals surface area contributed by atoms with Gasteiger partial charge in [-0.3, -0.25) is 4.98 Å². The maximum absolute atomic E-state index is 9.40. The average molecular weight is 251 g/mol. The molecule has 2 unspecified atom stereocenters. The molecular weight excluding hydrogens is 230 g/mol. The van der Waals surface area contributed by atoms with Gasteiger partial charge in [0.25, 0.3) is 0 Å². The van der Waals surface area contributed by atoms with Crippen LogP contribution < -0.4 is 0 Å². The van der Waals surface area contributed by atoms with Gasteiger partial charge >= 0.3 is 0 Å². The maximum atomic E-state index is 9.40. The van der Waals surface area contributed by atoms with Gasteiger partial charge in [-0.1, -0.05) is 19.8 Å². The lowest BCUT2D eigenvalue weighted by atomic mass is 9.91. The zero-order valence-corrected chi connectivity index (χ0v) is 11.4. The normalized spacial score (nSPS) is 26.8. The van der Waals surface area contributed by atoms with Crippen molar-refractivity contribution < 1.29 is 5.11 Å². The van der Waals surface area contributed by atoms with Crippen LogP contribution in [0.5, 0.6) is 0 Å². The van der Waals surface area contributed by atoms with Gasteiger partial charge in [0.1, 0.15) is 0 Å². The monoisotopic (exact) mass is 251 g/mol. The molecule has 1 aromatic heterocycles. The Kier molecular flexibility index (Phi) is 4.46. The van der Waals surface area contributed by atoms with E-state index in [0.29, 0.717) is 0 Å². The van der Waals surface area contributed by atoms with Crippen LogP contribution in [0.4, 0.5) is 0 Å². The molecule has 3 heteroatoms. The minimum absolute atomic E-state index is 0.469. The van der Waals surface area contributed by atoms with E-state index < -0.39 is 6.10 Å². The molecule has 0 aliphatic heterocycles. The van der Waals surface area contributed by atoms with E-state index in [1.807, 2.05) is 24.0 Å². The van der Waals surface area contributed by atoms with Gasteiger partial charge in [0.2, 0.25) is 0 Å². The molecule has 1 aliphatic rings. The van der Waals surface area contributed by atoms with Crippen molar-refractivity contribution in [3.63, 3.8) is 0 Å². The van der Waals surface area contributed by atoms with Gasteiger partial charge in [0.15, 0.2) is 0 Å². The number of nitrogens with zero attached hydrogens (tertiary/aromatic N) is 1. The lowest BCUT2D eigenvalue weighted by molar-refractivity contribution is 0.194. The van der Waals surface area contributed by atoms with E-state index in [0.717, 1.165) is 16.9 Å². The average Bonchev–Trinajstić information content (AvgIpc) is 2.29. The highest BCUT2D eigenvalue weighted by Gasteiger charge is 2.19. The summed E-state index contributed by atoms with van der Waals surface area (Å²) < 4.78 is 0. The molecule has 0 spiro atoms.